The van der Waals surface area contributed by atoms with Crippen molar-refractivity contribution in [1.82, 2.24) is 30.0 Å². The van der Waals surface area contributed by atoms with Crippen molar-refractivity contribution in [3.8, 4) is 23.0 Å². The molecule has 20 nitrogen and oxygen atoms in total. The number of aromatic nitrogens is 4. The summed E-state index contributed by atoms with van der Waals surface area (Å²) < 4.78 is 98.1. The van der Waals surface area contributed by atoms with E-state index in [1.807, 2.05) is 75.4 Å². The van der Waals surface area contributed by atoms with Crippen LogP contribution in [0.1, 0.15) is 60.3 Å². The van der Waals surface area contributed by atoms with Gasteiger partial charge in [-0.2, -0.15) is 13.1 Å². The lowest BCUT2D eigenvalue weighted by molar-refractivity contribution is -0.149. The van der Waals surface area contributed by atoms with E-state index < -0.39 is 68.3 Å². The van der Waals surface area contributed by atoms with E-state index in [-0.39, 0.29) is 34.8 Å². The van der Waals surface area contributed by atoms with E-state index in [1.165, 1.54) is 30.8 Å². The van der Waals surface area contributed by atoms with Gasteiger partial charge in [0.15, 0.2) is 6.10 Å². The number of amides is 1. The van der Waals surface area contributed by atoms with E-state index >= 15 is 0 Å². The second-order valence-corrected chi connectivity index (χ2v) is 23.5. The van der Waals surface area contributed by atoms with Gasteiger partial charge in [0.1, 0.15) is 66.1 Å². The van der Waals surface area contributed by atoms with Crippen LogP contribution in [0.5, 0.6) is 23.0 Å². The van der Waals surface area contributed by atoms with Gasteiger partial charge in [0, 0.05) is 13.3 Å². The highest BCUT2D eigenvalue weighted by Gasteiger charge is 2.42. The van der Waals surface area contributed by atoms with Gasteiger partial charge in [-0.05, 0) is 102 Å². The van der Waals surface area contributed by atoms with Crippen LogP contribution in [0, 0.1) is 12.8 Å². The lowest BCUT2D eigenvalue weighted by Crippen LogP contribution is -2.47. The Morgan fingerprint density at radius 1 is 0.716 bits per heavy atom. The lowest BCUT2D eigenvalue weighted by atomic mass is 9.78. The molecular weight excluding hydrogens is 1100 g/mol. The quantitative estimate of drug-likeness (QED) is 0.0297. The molecule has 2 N–H and O–H groups in total. The molecular formula is C58H60N6O14S3. The predicted octanol–water partition coefficient (Wildman–Crippen LogP) is 7.88. The summed E-state index contributed by atoms with van der Waals surface area (Å²) in [5.41, 5.74) is 2.80. The Bertz CT molecular complexity index is 3630. The number of carbonyl (C=O) groups is 3. The molecule has 3 atom stereocenters. The van der Waals surface area contributed by atoms with Crippen molar-refractivity contribution in [1.29, 1.82) is 0 Å². The Hall–Kier alpha value is -8.22. The van der Waals surface area contributed by atoms with Gasteiger partial charge in [0.25, 0.3) is 20.1 Å². The number of nitrogens with one attached hydrogen (secondary N) is 2. The van der Waals surface area contributed by atoms with Crippen molar-refractivity contribution in [3.63, 3.8) is 0 Å². The zero-order valence-electron chi connectivity index (χ0n) is 45.3. The minimum absolute atomic E-state index is 0.0383. The molecule has 2 aromatic heterocycles. The fraction of sp³-hybridized carbons (Fsp3) is 0.276. The first-order chi connectivity index (χ1) is 38.8. The zero-order chi connectivity index (χ0) is 57.9. The van der Waals surface area contributed by atoms with E-state index in [1.54, 1.807) is 99.3 Å². The number of aryl methyl sites for hydroxylation is 1. The number of rotatable bonds is 26. The molecule has 0 aliphatic heterocycles. The Balaban J connectivity index is 0.916. The molecule has 0 saturated heterocycles. The summed E-state index contributed by atoms with van der Waals surface area (Å²) in [7, 11) is -4.16. The van der Waals surface area contributed by atoms with Crippen molar-refractivity contribution in [2.75, 3.05) is 34.5 Å². The van der Waals surface area contributed by atoms with Gasteiger partial charge in [-0.1, -0.05) is 103 Å². The highest BCUT2D eigenvalue weighted by molar-refractivity contribution is 7.91. The van der Waals surface area contributed by atoms with Crippen LogP contribution in [0.15, 0.2) is 161 Å². The maximum atomic E-state index is 14.7. The summed E-state index contributed by atoms with van der Waals surface area (Å²) in [6, 6.07) is 39.3. The standard InChI is InChI=1S/C58H60N6O14S3/c1-37(2)54(55(66)59-52(56(67)74-7)31-40-15-21-47(22-16-40)76-35-49(78-39(4)65)36-77-81(70,71)50-28-13-38(3)14-29-50)64-33-44(61-63-64)34-75-48-27-30-51-53(32-48)79-57(60-51)80(68,69)62-58(41-11-9-8-10-12-41,42-17-23-45(72-5)24-18-42)43-19-25-46(73-6)26-20-43/h8-30,32-33,37,49,52,54,62H,31,34-36H2,1-7H3,(H,59,66)/t49?,52-,54-/m0/s1. The normalized spacial score (nSPS) is 13.0. The zero-order valence-corrected chi connectivity index (χ0v) is 47.8. The molecule has 6 aromatic carbocycles. The molecule has 8 rings (SSSR count). The molecule has 0 aliphatic rings. The summed E-state index contributed by atoms with van der Waals surface area (Å²) in [6.07, 6.45) is 0.546. The highest BCUT2D eigenvalue weighted by Crippen LogP contribution is 2.41. The molecule has 0 radical (unpaired) electrons. The molecule has 0 aliphatic carbocycles. The number of nitrogens with zero attached hydrogens (tertiary/aromatic N) is 4. The molecule has 8 aromatic rings. The Morgan fingerprint density at radius 3 is 1.91 bits per heavy atom. The van der Waals surface area contributed by atoms with Crippen LogP contribution in [0.3, 0.4) is 0 Å². The van der Waals surface area contributed by atoms with Crippen molar-refractivity contribution >= 4 is 59.5 Å². The average Bonchev–Trinajstić information content (AvgIpc) is 4.16. The molecule has 23 heteroatoms. The number of hydrogen-bond donors (Lipinski definition) is 2. The van der Waals surface area contributed by atoms with Crippen LogP contribution in [-0.4, -0.2) is 101 Å². The third-order valence-corrected chi connectivity index (χ3v) is 17.0. The monoisotopic (exact) mass is 1160 g/mol. The molecule has 0 spiro atoms. The Labute approximate surface area is 473 Å². The van der Waals surface area contributed by atoms with Crippen molar-refractivity contribution in [2.24, 2.45) is 5.92 Å². The smallest absolute Gasteiger partial charge is 0.328 e. The molecule has 424 valence electrons. The van der Waals surface area contributed by atoms with E-state index in [0.717, 1.165) is 16.9 Å². The number of fused-ring (bicyclic) bond motifs is 1. The number of benzene rings is 6. The summed E-state index contributed by atoms with van der Waals surface area (Å²) in [6.45, 7) is 5.86. The molecule has 1 unspecified atom stereocenters. The van der Waals surface area contributed by atoms with Crippen LogP contribution in [-0.2, 0) is 66.7 Å². The van der Waals surface area contributed by atoms with Gasteiger partial charge in [-0.25, -0.2) is 22.9 Å². The third kappa shape index (κ3) is 14.4. The molecule has 1 amide bonds. The van der Waals surface area contributed by atoms with Crippen molar-refractivity contribution in [2.45, 2.75) is 73.7 Å². The molecule has 0 saturated carbocycles. The fourth-order valence-corrected chi connectivity index (χ4v) is 12.4. The Morgan fingerprint density at radius 2 is 1.32 bits per heavy atom. The number of thiazole rings is 1. The van der Waals surface area contributed by atoms with Gasteiger partial charge >= 0.3 is 11.9 Å². The first-order valence-electron chi connectivity index (χ1n) is 25.4. The molecule has 0 bridgehead atoms. The van der Waals surface area contributed by atoms with Crippen LogP contribution in [0.2, 0.25) is 0 Å². The number of esters is 2. The number of sulfonamides is 1. The molecule has 0 fully saturated rings. The number of carbonyl (C=O) groups excluding carboxylic acids is 3. The van der Waals surface area contributed by atoms with Gasteiger partial charge in [-0.15, -0.1) is 16.4 Å². The van der Waals surface area contributed by atoms with Crippen molar-refractivity contribution in [3.05, 3.63) is 185 Å². The lowest BCUT2D eigenvalue weighted by Gasteiger charge is -2.36. The minimum atomic E-state index is -4.35. The summed E-state index contributed by atoms with van der Waals surface area (Å²) in [5.74, 6) is -0.251. The second kappa shape index (κ2) is 25.9. The van der Waals surface area contributed by atoms with E-state index in [4.69, 9.17) is 32.6 Å². The maximum absolute atomic E-state index is 14.7. The van der Waals surface area contributed by atoms with Crippen molar-refractivity contribution < 1.29 is 63.8 Å². The first kappa shape index (κ1) is 58.9. The second-order valence-electron chi connectivity index (χ2n) is 19.0. The fourth-order valence-electron chi connectivity index (χ4n) is 8.81. The SMILES string of the molecule is COC(=O)[C@H](Cc1ccc(OCC(COS(=O)(=O)c2ccc(C)cc2)OC(C)=O)cc1)NC(=O)[C@H](C(C)C)n1cc(COc2ccc3nc(S(=O)(=O)NC(c4ccccc4)(c4ccc(OC)cc4)c4ccc(OC)cc4)sc3c2)nn1. The first-order valence-corrected chi connectivity index (χ1v) is 29.1. The van der Waals surface area contributed by atoms with Crippen LogP contribution >= 0.6 is 11.3 Å². The van der Waals surface area contributed by atoms with Gasteiger partial charge in [0.2, 0.25) is 10.2 Å². The number of hydrogen-bond acceptors (Lipinski definition) is 18. The van der Waals surface area contributed by atoms with Crippen LogP contribution in [0.25, 0.3) is 10.2 Å². The highest BCUT2D eigenvalue weighted by atomic mass is 32.2. The number of methoxy groups -OCH3 is 3. The predicted molar refractivity (Wildman–Crippen MR) is 300 cm³/mol. The third-order valence-electron chi connectivity index (χ3n) is 12.9. The van der Waals surface area contributed by atoms with Gasteiger partial charge in [0.05, 0.1) is 42.6 Å². The molecule has 81 heavy (non-hydrogen) atoms. The maximum Gasteiger partial charge on any atom is 0.328 e. The average molecular weight is 1160 g/mol. The summed E-state index contributed by atoms with van der Waals surface area (Å²) in [5, 5.41) is 11.3. The van der Waals surface area contributed by atoms with Gasteiger partial charge in [-0.3, -0.25) is 13.8 Å². The van der Waals surface area contributed by atoms with Gasteiger partial charge < -0.3 is 33.7 Å². The summed E-state index contributed by atoms with van der Waals surface area (Å²) >= 11 is 0.978. The van der Waals surface area contributed by atoms with Crippen LogP contribution in [0.4, 0.5) is 0 Å². The summed E-state index contributed by atoms with van der Waals surface area (Å²) in [4.78, 5) is 43.5. The Kier molecular flexibility index (Phi) is 18.9. The van der Waals surface area contributed by atoms with E-state index in [9.17, 15) is 31.2 Å². The minimum Gasteiger partial charge on any atom is -0.497 e. The van der Waals surface area contributed by atoms with Crippen LogP contribution < -0.4 is 29.0 Å². The molecule has 2 heterocycles. The number of ether oxygens (including phenoxy) is 6. The van der Waals surface area contributed by atoms with E-state index in [2.05, 4.69) is 25.3 Å². The topological polar surface area (TPSA) is 252 Å². The van der Waals surface area contributed by atoms with E-state index in [0.29, 0.717) is 61.2 Å². The largest absolute Gasteiger partial charge is 0.497 e.